The first kappa shape index (κ1) is 20.0. The molecule has 2 aromatic rings. The third-order valence-corrected chi connectivity index (χ3v) is 5.04. The van der Waals surface area contributed by atoms with Gasteiger partial charge in [-0.2, -0.15) is 10.1 Å². The van der Waals surface area contributed by atoms with Crippen molar-refractivity contribution < 1.29 is 4.74 Å². The summed E-state index contributed by atoms with van der Waals surface area (Å²) in [5.41, 5.74) is 1.34. The third-order valence-electron chi connectivity index (χ3n) is 4.80. The van der Waals surface area contributed by atoms with Crippen LogP contribution < -0.4 is 10.1 Å². The summed E-state index contributed by atoms with van der Waals surface area (Å²) in [7, 11) is 1.87. The van der Waals surface area contributed by atoms with Crippen LogP contribution in [0.5, 0.6) is 5.75 Å². The van der Waals surface area contributed by atoms with Gasteiger partial charge in [0.15, 0.2) is 5.82 Å². The summed E-state index contributed by atoms with van der Waals surface area (Å²) in [5.74, 6) is 2.71. The predicted octanol–water partition coefficient (Wildman–Crippen LogP) is 3.81. The highest BCUT2D eigenvalue weighted by Gasteiger charge is 2.10. The van der Waals surface area contributed by atoms with Crippen molar-refractivity contribution in [3.05, 3.63) is 35.7 Å². The zero-order chi connectivity index (χ0) is 18.9. The van der Waals surface area contributed by atoms with E-state index in [1.54, 1.807) is 4.68 Å². The molecular formula is C20H30ClN5O. The van der Waals surface area contributed by atoms with Crippen molar-refractivity contribution in [2.75, 3.05) is 31.6 Å². The highest BCUT2D eigenvalue weighted by Crippen LogP contribution is 2.18. The largest absolute Gasteiger partial charge is 0.494 e. The Morgan fingerprint density at radius 3 is 2.81 bits per heavy atom. The Morgan fingerprint density at radius 2 is 2.04 bits per heavy atom. The first-order valence-electron chi connectivity index (χ1n) is 9.88. The first-order chi connectivity index (χ1) is 13.2. The molecule has 27 heavy (non-hydrogen) atoms. The molecule has 0 saturated carbocycles. The monoisotopic (exact) mass is 391 g/mol. The van der Waals surface area contributed by atoms with Gasteiger partial charge in [0.05, 0.1) is 12.5 Å². The number of likely N-dealkylation sites (tertiary alicyclic amines) is 1. The van der Waals surface area contributed by atoms with E-state index in [9.17, 15) is 0 Å². The van der Waals surface area contributed by atoms with E-state index in [0.29, 0.717) is 11.7 Å². The molecule has 0 spiro atoms. The Labute approximate surface area is 166 Å². The van der Waals surface area contributed by atoms with Gasteiger partial charge in [-0.15, -0.1) is 11.6 Å². The number of benzene rings is 1. The minimum Gasteiger partial charge on any atom is -0.494 e. The topological polar surface area (TPSA) is 55.2 Å². The Bertz CT molecular complexity index is 699. The van der Waals surface area contributed by atoms with Crippen molar-refractivity contribution in [3.63, 3.8) is 0 Å². The number of unbranched alkanes of at least 4 members (excludes halogenated alkanes) is 1. The number of halogens is 1. The zero-order valence-electron chi connectivity index (χ0n) is 16.2. The summed E-state index contributed by atoms with van der Waals surface area (Å²) >= 11 is 5.75. The maximum Gasteiger partial charge on any atom is 0.221 e. The molecule has 6 nitrogen and oxygen atoms in total. The van der Waals surface area contributed by atoms with Gasteiger partial charge in [0.2, 0.25) is 5.95 Å². The molecule has 0 aliphatic carbocycles. The maximum absolute atomic E-state index is 5.94. The normalized spacial score (nSPS) is 15.0. The van der Waals surface area contributed by atoms with Gasteiger partial charge in [0, 0.05) is 20.1 Å². The van der Waals surface area contributed by atoms with Crippen LogP contribution in [-0.2, 0) is 19.5 Å². The van der Waals surface area contributed by atoms with E-state index < -0.39 is 0 Å². The molecule has 2 heterocycles. The molecule has 0 radical (unpaired) electrons. The van der Waals surface area contributed by atoms with Gasteiger partial charge in [0.25, 0.3) is 0 Å². The molecule has 0 bridgehead atoms. The standard InChI is InChI=1S/C20H30ClN5O/c1-25-20(23-19(15-21)24-25)22-10-3-6-13-27-18-9-7-8-17(14-18)16-26-11-4-2-5-12-26/h7-9,14H,2-6,10-13,15-16H2,1H3,(H,22,23,24). The Balaban J connectivity index is 1.34. The van der Waals surface area contributed by atoms with Crippen LogP contribution in [0.25, 0.3) is 0 Å². The minimum atomic E-state index is 0.334. The lowest BCUT2D eigenvalue weighted by molar-refractivity contribution is 0.220. The van der Waals surface area contributed by atoms with Crippen LogP contribution in [0.3, 0.4) is 0 Å². The predicted molar refractivity (Wildman–Crippen MR) is 109 cm³/mol. The fourth-order valence-corrected chi connectivity index (χ4v) is 3.49. The number of piperidine rings is 1. The van der Waals surface area contributed by atoms with Crippen LogP contribution in [0.4, 0.5) is 5.95 Å². The molecule has 1 N–H and O–H groups in total. The fourth-order valence-electron chi connectivity index (χ4n) is 3.37. The lowest BCUT2D eigenvalue weighted by atomic mass is 10.1. The first-order valence-corrected chi connectivity index (χ1v) is 10.4. The van der Waals surface area contributed by atoms with E-state index in [2.05, 4.69) is 38.5 Å². The van der Waals surface area contributed by atoms with Crippen molar-refractivity contribution in [2.45, 2.75) is 44.5 Å². The molecule has 1 aromatic heterocycles. The van der Waals surface area contributed by atoms with Crippen molar-refractivity contribution >= 4 is 17.5 Å². The van der Waals surface area contributed by atoms with Crippen LogP contribution in [-0.4, -0.2) is 45.9 Å². The van der Waals surface area contributed by atoms with E-state index in [1.807, 2.05) is 13.1 Å². The molecule has 0 unspecified atom stereocenters. The molecule has 0 atom stereocenters. The number of aryl methyl sites for hydroxylation is 1. The van der Waals surface area contributed by atoms with Gasteiger partial charge < -0.3 is 10.1 Å². The van der Waals surface area contributed by atoms with E-state index in [-0.39, 0.29) is 0 Å². The summed E-state index contributed by atoms with van der Waals surface area (Å²) < 4.78 is 7.66. The second-order valence-electron chi connectivity index (χ2n) is 7.08. The molecule has 1 fully saturated rings. The summed E-state index contributed by atoms with van der Waals surface area (Å²) in [6, 6.07) is 8.52. The number of hydrogen-bond acceptors (Lipinski definition) is 5. The van der Waals surface area contributed by atoms with Crippen LogP contribution in [0.1, 0.15) is 43.5 Å². The maximum atomic E-state index is 5.94. The smallest absolute Gasteiger partial charge is 0.221 e. The highest BCUT2D eigenvalue weighted by molar-refractivity contribution is 6.16. The van der Waals surface area contributed by atoms with E-state index in [4.69, 9.17) is 16.3 Å². The number of aromatic nitrogens is 3. The quantitative estimate of drug-likeness (QED) is 0.493. The van der Waals surface area contributed by atoms with Gasteiger partial charge in [-0.3, -0.25) is 4.90 Å². The Morgan fingerprint density at radius 1 is 1.19 bits per heavy atom. The van der Waals surface area contributed by atoms with Crippen molar-refractivity contribution in [1.82, 2.24) is 19.7 Å². The molecule has 1 aromatic carbocycles. The second-order valence-corrected chi connectivity index (χ2v) is 7.34. The van der Waals surface area contributed by atoms with E-state index in [1.165, 1.54) is 37.9 Å². The number of hydrogen-bond donors (Lipinski definition) is 1. The molecule has 1 saturated heterocycles. The zero-order valence-corrected chi connectivity index (χ0v) is 16.9. The van der Waals surface area contributed by atoms with Crippen molar-refractivity contribution in [1.29, 1.82) is 0 Å². The number of rotatable bonds is 10. The van der Waals surface area contributed by atoms with Gasteiger partial charge in [-0.05, 0) is 56.5 Å². The van der Waals surface area contributed by atoms with E-state index in [0.717, 1.165) is 44.2 Å². The van der Waals surface area contributed by atoms with Crippen molar-refractivity contribution in [3.8, 4) is 5.75 Å². The van der Waals surface area contributed by atoms with Crippen LogP contribution in [0.2, 0.25) is 0 Å². The number of nitrogens with zero attached hydrogens (tertiary/aromatic N) is 4. The summed E-state index contributed by atoms with van der Waals surface area (Å²) in [6.45, 7) is 5.03. The van der Waals surface area contributed by atoms with Crippen LogP contribution in [0, 0.1) is 0 Å². The average Bonchev–Trinajstić information content (AvgIpc) is 3.05. The van der Waals surface area contributed by atoms with Crippen LogP contribution in [0.15, 0.2) is 24.3 Å². The van der Waals surface area contributed by atoms with Gasteiger partial charge in [-0.25, -0.2) is 4.68 Å². The Kier molecular flexibility index (Phi) is 7.78. The highest BCUT2D eigenvalue weighted by atomic mass is 35.5. The molecular weight excluding hydrogens is 362 g/mol. The second kappa shape index (κ2) is 10.5. The third kappa shape index (κ3) is 6.40. The number of ether oxygens (including phenoxy) is 1. The number of nitrogens with one attached hydrogen (secondary N) is 1. The lowest BCUT2D eigenvalue weighted by Gasteiger charge is -2.26. The molecule has 1 aliphatic heterocycles. The average molecular weight is 392 g/mol. The minimum absolute atomic E-state index is 0.334. The van der Waals surface area contributed by atoms with Gasteiger partial charge in [-0.1, -0.05) is 18.6 Å². The van der Waals surface area contributed by atoms with Gasteiger partial charge in [0.1, 0.15) is 5.75 Å². The summed E-state index contributed by atoms with van der Waals surface area (Å²) in [4.78, 5) is 6.86. The number of anilines is 1. The molecule has 0 amide bonds. The van der Waals surface area contributed by atoms with Crippen LogP contribution >= 0.6 is 11.6 Å². The summed E-state index contributed by atoms with van der Waals surface area (Å²) in [5, 5.41) is 7.51. The lowest BCUT2D eigenvalue weighted by Crippen LogP contribution is -2.29. The van der Waals surface area contributed by atoms with Crippen molar-refractivity contribution in [2.24, 2.45) is 7.05 Å². The molecule has 148 valence electrons. The summed E-state index contributed by atoms with van der Waals surface area (Å²) in [6.07, 6.45) is 6.02. The number of alkyl halides is 1. The SMILES string of the molecule is Cn1nc(CCl)nc1NCCCCOc1cccc(CN2CCCCC2)c1. The van der Waals surface area contributed by atoms with E-state index >= 15 is 0 Å². The molecule has 7 heteroatoms. The van der Waals surface area contributed by atoms with Gasteiger partial charge >= 0.3 is 0 Å². The molecule has 3 rings (SSSR count). The Hall–Kier alpha value is -1.79. The fraction of sp³-hybridized carbons (Fsp3) is 0.600. The molecule has 1 aliphatic rings.